The van der Waals surface area contributed by atoms with Crippen LogP contribution in [0.25, 0.3) is 0 Å². The summed E-state index contributed by atoms with van der Waals surface area (Å²) in [7, 11) is 0. The molecule has 1 aliphatic rings. The molecule has 104 valence electrons. The molecule has 1 unspecified atom stereocenters. The quantitative estimate of drug-likeness (QED) is 0.876. The van der Waals surface area contributed by atoms with Gasteiger partial charge in [-0.2, -0.15) is 0 Å². The molecule has 0 radical (unpaired) electrons. The third kappa shape index (κ3) is 4.06. The Morgan fingerprint density at radius 2 is 1.95 bits per heavy atom. The van der Waals surface area contributed by atoms with E-state index in [1.807, 2.05) is 0 Å². The second kappa shape index (κ2) is 5.74. The van der Waals surface area contributed by atoms with Crippen LogP contribution in [0.3, 0.4) is 0 Å². The summed E-state index contributed by atoms with van der Waals surface area (Å²) in [5, 5.41) is 6.40. The Kier molecular flexibility index (Phi) is 4.25. The van der Waals surface area contributed by atoms with E-state index in [9.17, 15) is 4.79 Å². The van der Waals surface area contributed by atoms with Gasteiger partial charge in [0.05, 0.1) is 0 Å². The molecule has 3 heteroatoms. The van der Waals surface area contributed by atoms with Gasteiger partial charge in [-0.3, -0.25) is 4.79 Å². The maximum absolute atomic E-state index is 11.1. The van der Waals surface area contributed by atoms with E-state index in [1.54, 1.807) is 0 Å². The molecule has 0 aromatic heterocycles. The smallest absolute Gasteiger partial charge is 0.220 e. The molecule has 19 heavy (non-hydrogen) atoms. The zero-order valence-corrected chi connectivity index (χ0v) is 12.1. The molecular weight excluding hydrogens is 236 g/mol. The van der Waals surface area contributed by atoms with Crippen molar-refractivity contribution in [3.05, 3.63) is 35.4 Å². The standard InChI is InChI=1S/C16H24N2O/c1-16(2,3)13-6-4-12(5-7-13)10-17-14-8-9-15(19)18-11-14/h4-7,14,17H,8-11H2,1-3H3,(H,18,19). The number of carbonyl (C=O) groups is 1. The van der Waals surface area contributed by atoms with Crippen LogP contribution < -0.4 is 10.6 Å². The van der Waals surface area contributed by atoms with Gasteiger partial charge in [-0.05, 0) is 23.0 Å². The summed E-state index contributed by atoms with van der Waals surface area (Å²) in [6, 6.07) is 9.20. The summed E-state index contributed by atoms with van der Waals surface area (Å²) in [6.07, 6.45) is 1.58. The SMILES string of the molecule is CC(C)(C)c1ccc(CNC2CCC(=O)NC2)cc1. The van der Waals surface area contributed by atoms with Crippen molar-refractivity contribution in [1.29, 1.82) is 0 Å². The first-order valence-corrected chi connectivity index (χ1v) is 7.04. The summed E-state index contributed by atoms with van der Waals surface area (Å²) in [5.41, 5.74) is 2.87. The summed E-state index contributed by atoms with van der Waals surface area (Å²) < 4.78 is 0. The van der Waals surface area contributed by atoms with Gasteiger partial charge in [-0.25, -0.2) is 0 Å². The molecule has 1 heterocycles. The number of carbonyl (C=O) groups excluding carboxylic acids is 1. The molecule has 3 nitrogen and oxygen atoms in total. The van der Waals surface area contributed by atoms with E-state index in [2.05, 4.69) is 55.7 Å². The molecular formula is C16H24N2O. The van der Waals surface area contributed by atoms with Crippen LogP contribution in [0, 0.1) is 0 Å². The third-order valence-electron chi connectivity index (χ3n) is 3.68. The van der Waals surface area contributed by atoms with Crippen LogP contribution in [0.1, 0.15) is 44.7 Å². The average molecular weight is 260 g/mol. The van der Waals surface area contributed by atoms with E-state index in [0.717, 1.165) is 19.5 Å². The van der Waals surface area contributed by atoms with Gasteiger partial charge < -0.3 is 10.6 Å². The van der Waals surface area contributed by atoms with Crippen molar-refractivity contribution < 1.29 is 4.79 Å². The van der Waals surface area contributed by atoms with E-state index in [4.69, 9.17) is 0 Å². The van der Waals surface area contributed by atoms with Crippen LogP contribution >= 0.6 is 0 Å². The van der Waals surface area contributed by atoms with Gasteiger partial charge >= 0.3 is 0 Å². The number of nitrogens with one attached hydrogen (secondary N) is 2. The Morgan fingerprint density at radius 1 is 1.26 bits per heavy atom. The monoisotopic (exact) mass is 260 g/mol. The van der Waals surface area contributed by atoms with Gasteiger partial charge in [0.15, 0.2) is 0 Å². The Bertz CT molecular complexity index is 421. The lowest BCUT2D eigenvalue weighted by Crippen LogP contribution is -2.45. The minimum atomic E-state index is 0.174. The lowest BCUT2D eigenvalue weighted by Gasteiger charge is -2.24. The number of benzene rings is 1. The zero-order valence-electron chi connectivity index (χ0n) is 12.1. The fraction of sp³-hybridized carbons (Fsp3) is 0.562. The Labute approximate surface area is 115 Å². The summed E-state index contributed by atoms with van der Waals surface area (Å²) in [5.74, 6) is 0.174. The van der Waals surface area contributed by atoms with E-state index in [1.165, 1.54) is 11.1 Å². The predicted octanol–water partition coefficient (Wildman–Crippen LogP) is 2.35. The normalized spacial score (nSPS) is 20.2. The van der Waals surface area contributed by atoms with Crippen LogP contribution in [0.2, 0.25) is 0 Å². The highest BCUT2D eigenvalue weighted by molar-refractivity contribution is 5.76. The molecule has 0 bridgehead atoms. The molecule has 1 aromatic rings. The maximum atomic E-state index is 11.1. The number of amides is 1. The maximum Gasteiger partial charge on any atom is 0.220 e. The second-order valence-electron chi connectivity index (χ2n) is 6.37. The molecule has 0 aliphatic carbocycles. The molecule has 1 fully saturated rings. The van der Waals surface area contributed by atoms with Gasteiger partial charge in [0, 0.05) is 25.6 Å². The number of hydrogen-bond acceptors (Lipinski definition) is 2. The van der Waals surface area contributed by atoms with Gasteiger partial charge in [0.1, 0.15) is 0 Å². The van der Waals surface area contributed by atoms with E-state index >= 15 is 0 Å². The molecule has 1 saturated heterocycles. The average Bonchev–Trinajstić information content (AvgIpc) is 2.37. The van der Waals surface area contributed by atoms with E-state index in [0.29, 0.717) is 12.5 Å². The minimum Gasteiger partial charge on any atom is -0.355 e. The Morgan fingerprint density at radius 3 is 2.47 bits per heavy atom. The number of rotatable bonds is 3. The van der Waals surface area contributed by atoms with E-state index in [-0.39, 0.29) is 11.3 Å². The molecule has 2 rings (SSSR count). The summed E-state index contributed by atoms with van der Waals surface area (Å²) in [6.45, 7) is 8.30. The lowest BCUT2D eigenvalue weighted by atomic mass is 9.87. The van der Waals surface area contributed by atoms with Crippen molar-refractivity contribution in [2.24, 2.45) is 0 Å². The molecule has 1 amide bonds. The molecule has 0 saturated carbocycles. The fourth-order valence-corrected chi connectivity index (χ4v) is 2.29. The van der Waals surface area contributed by atoms with Crippen molar-refractivity contribution in [2.45, 2.75) is 51.6 Å². The largest absolute Gasteiger partial charge is 0.355 e. The van der Waals surface area contributed by atoms with Gasteiger partial charge in [-0.1, -0.05) is 45.0 Å². The summed E-state index contributed by atoms with van der Waals surface area (Å²) >= 11 is 0. The Hall–Kier alpha value is -1.35. The van der Waals surface area contributed by atoms with Crippen LogP contribution in [-0.2, 0) is 16.8 Å². The molecule has 1 atom stereocenters. The zero-order chi connectivity index (χ0) is 13.9. The highest BCUT2D eigenvalue weighted by Crippen LogP contribution is 2.22. The summed E-state index contributed by atoms with van der Waals surface area (Å²) in [4.78, 5) is 11.1. The first-order chi connectivity index (χ1) is 8.95. The molecule has 1 aliphatic heterocycles. The van der Waals surface area contributed by atoms with Crippen molar-refractivity contribution in [3.63, 3.8) is 0 Å². The minimum absolute atomic E-state index is 0.174. The molecule has 0 spiro atoms. The van der Waals surface area contributed by atoms with Gasteiger partial charge in [0.2, 0.25) is 5.91 Å². The molecule has 2 N–H and O–H groups in total. The van der Waals surface area contributed by atoms with Gasteiger partial charge in [-0.15, -0.1) is 0 Å². The van der Waals surface area contributed by atoms with Crippen molar-refractivity contribution in [3.8, 4) is 0 Å². The fourth-order valence-electron chi connectivity index (χ4n) is 2.29. The highest BCUT2D eigenvalue weighted by atomic mass is 16.1. The van der Waals surface area contributed by atoms with Crippen LogP contribution in [0.5, 0.6) is 0 Å². The van der Waals surface area contributed by atoms with Crippen LogP contribution in [0.4, 0.5) is 0 Å². The predicted molar refractivity (Wildman–Crippen MR) is 78.0 cm³/mol. The number of piperidine rings is 1. The van der Waals surface area contributed by atoms with E-state index < -0.39 is 0 Å². The van der Waals surface area contributed by atoms with Crippen molar-refractivity contribution in [1.82, 2.24) is 10.6 Å². The van der Waals surface area contributed by atoms with Crippen LogP contribution in [-0.4, -0.2) is 18.5 Å². The van der Waals surface area contributed by atoms with Crippen molar-refractivity contribution >= 4 is 5.91 Å². The second-order valence-corrected chi connectivity index (χ2v) is 6.37. The lowest BCUT2D eigenvalue weighted by molar-refractivity contribution is -0.122. The first kappa shape index (κ1) is 14.1. The molecule has 1 aromatic carbocycles. The van der Waals surface area contributed by atoms with Crippen molar-refractivity contribution in [2.75, 3.05) is 6.54 Å². The Balaban J connectivity index is 1.85. The van der Waals surface area contributed by atoms with Crippen LogP contribution in [0.15, 0.2) is 24.3 Å². The third-order valence-corrected chi connectivity index (χ3v) is 3.68. The number of hydrogen-bond donors (Lipinski definition) is 2. The topological polar surface area (TPSA) is 41.1 Å². The van der Waals surface area contributed by atoms with Gasteiger partial charge in [0.25, 0.3) is 0 Å². The first-order valence-electron chi connectivity index (χ1n) is 7.04. The highest BCUT2D eigenvalue weighted by Gasteiger charge is 2.17.